The number of fused-ring (bicyclic) bond motifs is 3. The van der Waals surface area contributed by atoms with Crippen molar-refractivity contribution in [1.29, 1.82) is 0 Å². The van der Waals surface area contributed by atoms with Crippen LogP contribution < -0.4 is 10.4 Å². The molecule has 0 radical (unpaired) electrons. The third-order valence-corrected chi connectivity index (χ3v) is 4.88. The molecule has 26 heavy (non-hydrogen) atoms. The lowest BCUT2D eigenvalue weighted by molar-refractivity contribution is 1.23. The standard InChI is InChI=1S/C25H21N/c1-3-4-11-21-18(2)25-24(12-8-17-26-25)23-16-14-20(13-15-22(21)23)19-9-6-5-7-10-19/h3-14,16-17H,2,15H2,1H3/b4-3-,21-11+. The van der Waals surface area contributed by atoms with Gasteiger partial charge in [-0.2, -0.15) is 0 Å². The number of nitrogens with zero attached hydrogens (tertiary/aromatic N) is 1. The van der Waals surface area contributed by atoms with Crippen LogP contribution in [0.3, 0.4) is 0 Å². The van der Waals surface area contributed by atoms with Gasteiger partial charge in [0.2, 0.25) is 0 Å². The molecule has 1 aliphatic carbocycles. The monoisotopic (exact) mass is 335 g/mol. The summed E-state index contributed by atoms with van der Waals surface area (Å²) in [5, 5.41) is 3.35. The Morgan fingerprint density at radius 3 is 2.69 bits per heavy atom. The Bertz CT molecular complexity index is 1160. The predicted molar refractivity (Wildman–Crippen MR) is 113 cm³/mol. The van der Waals surface area contributed by atoms with Gasteiger partial charge in [0.05, 0.1) is 5.52 Å². The Morgan fingerprint density at radius 1 is 1.04 bits per heavy atom. The fourth-order valence-corrected chi connectivity index (χ4v) is 3.58. The van der Waals surface area contributed by atoms with E-state index in [0.717, 1.165) is 17.2 Å². The molecule has 0 fully saturated rings. The molecule has 0 amide bonds. The van der Waals surface area contributed by atoms with E-state index in [1.54, 1.807) is 0 Å². The molecular weight excluding hydrogens is 314 g/mol. The Balaban J connectivity index is 2.01. The minimum absolute atomic E-state index is 0.878. The number of hydrogen-bond donors (Lipinski definition) is 0. The zero-order chi connectivity index (χ0) is 17.9. The molecule has 1 aromatic heterocycles. The SMILES string of the molecule is C=c1/c(=C\C=C/C)c2c(c3cccnc13)C=CC(c1ccccc1)=CC2. The van der Waals surface area contributed by atoms with Crippen molar-refractivity contribution in [2.45, 2.75) is 13.3 Å². The number of pyridine rings is 1. The van der Waals surface area contributed by atoms with Crippen molar-refractivity contribution >= 4 is 35.2 Å². The van der Waals surface area contributed by atoms with Crippen LogP contribution in [0, 0.1) is 0 Å². The first-order valence-electron chi connectivity index (χ1n) is 8.95. The first-order valence-corrected chi connectivity index (χ1v) is 8.95. The number of aromatic nitrogens is 1. The lowest BCUT2D eigenvalue weighted by Gasteiger charge is -2.10. The van der Waals surface area contributed by atoms with E-state index in [-0.39, 0.29) is 0 Å². The van der Waals surface area contributed by atoms with Crippen molar-refractivity contribution < 1.29 is 0 Å². The Kier molecular flexibility index (Phi) is 4.37. The summed E-state index contributed by atoms with van der Waals surface area (Å²) in [4.78, 5) is 4.61. The molecule has 0 N–H and O–H groups in total. The highest BCUT2D eigenvalue weighted by atomic mass is 14.6. The van der Waals surface area contributed by atoms with Crippen LogP contribution in [0.15, 0.2) is 73.0 Å². The lowest BCUT2D eigenvalue weighted by Crippen LogP contribution is -2.30. The summed E-state index contributed by atoms with van der Waals surface area (Å²) in [7, 11) is 0. The summed E-state index contributed by atoms with van der Waals surface area (Å²) in [6.07, 6.45) is 15.8. The molecule has 0 saturated heterocycles. The largest absolute Gasteiger partial charge is 0.256 e. The molecule has 0 spiro atoms. The first kappa shape index (κ1) is 16.3. The third kappa shape index (κ3) is 2.82. The topological polar surface area (TPSA) is 12.9 Å². The van der Waals surface area contributed by atoms with Gasteiger partial charge in [-0.25, -0.2) is 0 Å². The van der Waals surface area contributed by atoms with Gasteiger partial charge in [-0.05, 0) is 46.9 Å². The molecule has 4 rings (SSSR count). The molecule has 1 heteroatoms. The van der Waals surface area contributed by atoms with Gasteiger partial charge < -0.3 is 0 Å². The average molecular weight is 335 g/mol. The first-order chi connectivity index (χ1) is 12.8. The summed E-state index contributed by atoms with van der Waals surface area (Å²) in [6.45, 7) is 6.38. The summed E-state index contributed by atoms with van der Waals surface area (Å²) < 4.78 is 0. The Labute approximate surface area is 154 Å². The quantitative estimate of drug-likeness (QED) is 0.664. The normalized spacial score (nSPS) is 14.5. The number of rotatable bonds is 2. The highest BCUT2D eigenvalue weighted by molar-refractivity contribution is 5.93. The van der Waals surface area contributed by atoms with Crippen LogP contribution in [0.25, 0.3) is 35.2 Å². The number of allylic oxidation sites excluding steroid dienone is 5. The summed E-state index contributed by atoms with van der Waals surface area (Å²) in [5.41, 5.74) is 6.04. The van der Waals surface area contributed by atoms with Crippen molar-refractivity contribution in [2.75, 3.05) is 0 Å². The molecule has 0 bridgehead atoms. The lowest BCUT2D eigenvalue weighted by atomic mass is 9.95. The van der Waals surface area contributed by atoms with E-state index in [2.05, 4.69) is 78.3 Å². The van der Waals surface area contributed by atoms with E-state index in [9.17, 15) is 0 Å². The molecule has 0 saturated carbocycles. The highest BCUT2D eigenvalue weighted by Gasteiger charge is 2.12. The number of benzene rings is 2. The molecule has 1 aliphatic rings. The fraction of sp³-hybridized carbons (Fsp3) is 0.0800. The van der Waals surface area contributed by atoms with Crippen LogP contribution in [0.4, 0.5) is 0 Å². The fourth-order valence-electron chi connectivity index (χ4n) is 3.58. The van der Waals surface area contributed by atoms with Crippen molar-refractivity contribution in [3.05, 3.63) is 100 Å². The van der Waals surface area contributed by atoms with E-state index in [1.807, 2.05) is 25.3 Å². The van der Waals surface area contributed by atoms with Crippen molar-refractivity contribution in [1.82, 2.24) is 4.98 Å². The van der Waals surface area contributed by atoms with Gasteiger partial charge in [0.15, 0.2) is 0 Å². The molecular formula is C25H21N. The molecule has 1 heterocycles. The maximum Gasteiger partial charge on any atom is 0.0780 e. The van der Waals surface area contributed by atoms with E-state index in [4.69, 9.17) is 0 Å². The second kappa shape index (κ2) is 6.97. The van der Waals surface area contributed by atoms with Gasteiger partial charge in [0.25, 0.3) is 0 Å². The van der Waals surface area contributed by atoms with E-state index < -0.39 is 0 Å². The molecule has 0 unspecified atom stereocenters. The average Bonchev–Trinajstić information content (AvgIpc) is 2.92. The van der Waals surface area contributed by atoms with Gasteiger partial charge in [0, 0.05) is 16.8 Å². The van der Waals surface area contributed by atoms with Crippen LogP contribution in [-0.2, 0) is 6.42 Å². The molecule has 126 valence electrons. The van der Waals surface area contributed by atoms with Crippen LogP contribution in [0.5, 0.6) is 0 Å². The molecule has 3 aromatic rings. The van der Waals surface area contributed by atoms with E-state index in [1.165, 1.54) is 32.9 Å². The zero-order valence-corrected chi connectivity index (χ0v) is 14.9. The van der Waals surface area contributed by atoms with Gasteiger partial charge in [-0.3, -0.25) is 4.98 Å². The molecule has 0 aliphatic heterocycles. The molecule has 0 atom stereocenters. The Morgan fingerprint density at radius 2 is 1.88 bits per heavy atom. The summed E-state index contributed by atoms with van der Waals surface area (Å²) in [6, 6.07) is 14.7. The maximum absolute atomic E-state index is 4.61. The van der Waals surface area contributed by atoms with Gasteiger partial charge in [-0.15, -0.1) is 0 Å². The van der Waals surface area contributed by atoms with Crippen LogP contribution in [0.2, 0.25) is 0 Å². The highest BCUT2D eigenvalue weighted by Crippen LogP contribution is 2.26. The Hall–Kier alpha value is -3.19. The second-order valence-electron chi connectivity index (χ2n) is 6.44. The zero-order valence-electron chi connectivity index (χ0n) is 14.9. The minimum Gasteiger partial charge on any atom is -0.256 e. The second-order valence-corrected chi connectivity index (χ2v) is 6.44. The van der Waals surface area contributed by atoms with E-state index in [0.29, 0.717) is 0 Å². The van der Waals surface area contributed by atoms with Crippen molar-refractivity contribution in [3.63, 3.8) is 0 Å². The number of hydrogen-bond acceptors (Lipinski definition) is 1. The third-order valence-electron chi connectivity index (χ3n) is 4.88. The summed E-state index contributed by atoms with van der Waals surface area (Å²) in [5.74, 6) is 0. The minimum atomic E-state index is 0.878. The smallest absolute Gasteiger partial charge is 0.0780 e. The predicted octanol–water partition coefficient (Wildman–Crippen LogP) is 4.65. The van der Waals surface area contributed by atoms with E-state index >= 15 is 0 Å². The van der Waals surface area contributed by atoms with Gasteiger partial charge >= 0.3 is 0 Å². The maximum atomic E-state index is 4.61. The van der Waals surface area contributed by atoms with Crippen LogP contribution >= 0.6 is 0 Å². The van der Waals surface area contributed by atoms with Crippen molar-refractivity contribution in [3.8, 4) is 0 Å². The van der Waals surface area contributed by atoms with Crippen LogP contribution in [0.1, 0.15) is 23.6 Å². The molecule has 1 nitrogen and oxygen atoms in total. The molecule has 2 aromatic carbocycles. The van der Waals surface area contributed by atoms with Crippen molar-refractivity contribution in [2.24, 2.45) is 0 Å². The van der Waals surface area contributed by atoms with Gasteiger partial charge in [-0.1, -0.05) is 79.4 Å². The summed E-state index contributed by atoms with van der Waals surface area (Å²) >= 11 is 0. The van der Waals surface area contributed by atoms with Gasteiger partial charge in [0.1, 0.15) is 0 Å². The van der Waals surface area contributed by atoms with Crippen LogP contribution in [-0.4, -0.2) is 4.98 Å².